The lowest BCUT2D eigenvalue weighted by atomic mass is 10.1. The number of hydrogen-bond acceptors (Lipinski definition) is 2. The fraction of sp³-hybridized carbons (Fsp3) is 0.300. The molecule has 0 radical (unpaired) electrons. The number of carbonyl (C=O) groups is 1. The van der Waals surface area contributed by atoms with Crippen molar-refractivity contribution < 1.29 is 9.00 Å². The third-order valence-corrected chi connectivity index (χ3v) is 3.32. The molecule has 1 amide bonds. The second-order valence-corrected chi connectivity index (χ2v) is 4.81. The highest BCUT2D eigenvalue weighted by molar-refractivity contribution is 7.84. The van der Waals surface area contributed by atoms with Gasteiger partial charge in [-0.1, -0.05) is 6.07 Å². The van der Waals surface area contributed by atoms with E-state index in [0.717, 1.165) is 5.56 Å². The number of amides is 1. The Labute approximate surface area is 85.2 Å². The van der Waals surface area contributed by atoms with Gasteiger partial charge in [-0.3, -0.25) is 9.00 Å². The Balaban J connectivity index is 2.51. The number of carbonyl (C=O) groups excluding carboxylic acids is 1. The van der Waals surface area contributed by atoms with Crippen molar-refractivity contribution in [3.05, 3.63) is 29.3 Å². The van der Waals surface area contributed by atoms with Crippen LogP contribution in [0.1, 0.15) is 15.9 Å². The summed E-state index contributed by atoms with van der Waals surface area (Å²) in [6.07, 6.45) is 1.62. The molecular formula is C10H11NO2S. The molecule has 3 nitrogen and oxygen atoms in total. The molecular weight excluding hydrogens is 198 g/mol. The van der Waals surface area contributed by atoms with Gasteiger partial charge in [0.15, 0.2) is 0 Å². The second kappa shape index (κ2) is 3.20. The Hall–Kier alpha value is -1.16. The maximum Gasteiger partial charge on any atom is 0.254 e. The second-order valence-electron chi connectivity index (χ2n) is 3.43. The van der Waals surface area contributed by atoms with Crippen LogP contribution in [0, 0.1) is 0 Å². The summed E-state index contributed by atoms with van der Waals surface area (Å²) < 4.78 is 11.2. The summed E-state index contributed by atoms with van der Waals surface area (Å²) in [6.45, 7) is 0.658. The molecule has 0 aliphatic carbocycles. The van der Waals surface area contributed by atoms with Crippen molar-refractivity contribution in [1.29, 1.82) is 0 Å². The number of hydrogen-bond donors (Lipinski definition) is 0. The number of rotatable bonds is 1. The molecule has 0 saturated carbocycles. The molecule has 74 valence electrons. The normalized spacial score (nSPS) is 17.0. The monoisotopic (exact) mass is 209 g/mol. The van der Waals surface area contributed by atoms with E-state index >= 15 is 0 Å². The van der Waals surface area contributed by atoms with Gasteiger partial charge in [0, 0.05) is 41.1 Å². The quantitative estimate of drug-likeness (QED) is 0.692. The summed E-state index contributed by atoms with van der Waals surface area (Å²) in [4.78, 5) is 14.0. The molecule has 2 rings (SSSR count). The van der Waals surface area contributed by atoms with E-state index in [1.807, 2.05) is 12.1 Å². The van der Waals surface area contributed by atoms with Crippen molar-refractivity contribution in [3.8, 4) is 0 Å². The van der Waals surface area contributed by atoms with Crippen LogP contribution in [0.3, 0.4) is 0 Å². The maximum absolute atomic E-state index is 11.6. The Bertz CT molecular complexity index is 428. The summed E-state index contributed by atoms with van der Waals surface area (Å²) in [5.74, 6) is 0.0206. The first-order chi connectivity index (χ1) is 6.59. The minimum atomic E-state index is -1.02. The first-order valence-corrected chi connectivity index (χ1v) is 5.87. The number of benzene rings is 1. The van der Waals surface area contributed by atoms with Gasteiger partial charge in [0.1, 0.15) is 0 Å². The van der Waals surface area contributed by atoms with Gasteiger partial charge in [0.25, 0.3) is 5.91 Å². The lowest BCUT2D eigenvalue weighted by Crippen LogP contribution is -2.17. The van der Waals surface area contributed by atoms with Gasteiger partial charge in [-0.25, -0.2) is 0 Å². The third kappa shape index (κ3) is 1.35. The van der Waals surface area contributed by atoms with Crippen LogP contribution in [0.15, 0.2) is 23.1 Å². The van der Waals surface area contributed by atoms with E-state index in [1.54, 1.807) is 24.3 Å². The largest absolute Gasteiger partial charge is 0.337 e. The smallest absolute Gasteiger partial charge is 0.254 e. The molecule has 0 aromatic heterocycles. The van der Waals surface area contributed by atoms with Crippen molar-refractivity contribution >= 4 is 16.7 Å². The topological polar surface area (TPSA) is 37.4 Å². The average Bonchev–Trinajstić information content (AvgIpc) is 2.43. The van der Waals surface area contributed by atoms with Gasteiger partial charge in [0.05, 0.1) is 0 Å². The van der Waals surface area contributed by atoms with E-state index in [1.165, 1.54) is 0 Å². The molecule has 1 atom stereocenters. The predicted octanol–water partition coefficient (Wildman–Crippen LogP) is 1.01. The van der Waals surface area contributed by atoms with Crippen LogP contribution in [0.2, 0.25) is 0 Å². The summed E-state index contributed by atoms with van der Waals surface area (Å²) in [7, 11) is 0.751. The summed E-state index contributed by atoms with van der Waals surface area (Å²) in [5, 5.41) is 0. The van der Waals surface area contributed by atoms with Crippen molar-refractivity contribution in [1.82, 2.24) is 4.90 Å². The SMILES string of the molecule is CN1Cc2ccc(S(C)=O)cc2C1=O. The van der Waals surface area contributed by atoms with Crippen LogP contribution in [-0.4, -0.2) is 28.3 Å². The van der Waals surface area contributed by atoms with Gasteiger partial charge >= 0.3 is 0 Å². The molecule has 1 aliphatic heterocycles. The van der Waals surface area contributed by atoms with E-state index in [0.29, 0.717) is 17.0 Å². The highest BCUT2D eigenvalue weighted by atomic mass is 32.2. The molecule has 1 unspecified atom stereocenters. The van der Waals surface area contributed by atoms with Gasteiger partial charge in [0.2, 0.25) is 0 Å². The van der Waals surface area contributed by atoms with Crippen molar-refractivity contribution in [2.75, 3.05) is 13.3 Å². The minimum Gasteiger partial charge on any atom is -0.337 e. The molecule has 0 N–H and O–H groups in total. The number of fused-ring (bicyclic) bond motifs is 1. The molecule has 14 heavy (non-hydrogen) atoms. The minimum absolute atomic E-state index is 0.0206. The zero-order valence-electron chi connectivity index (χ0n) is 8.11. The van der Waals surface area contributed by atoms with E-state index in [-0.39, 0.29) is 5.91 Å². The molecule has 1 aliphatic rings. The van der Waals surface area contributed by atoms with Gasteiger partial charge < -0.3 is 4.90 Å². The Morgan fingerprint density at radius 2 is 2.14 bits per heavy atom. The van der Waals surface area contributed by atoms with Crippen LogP contribution in [-0.2, 0) is 17.3 Å². The molecule has 0 bridgehead atoms. The van der Waals surface area contributed by atoms with E-state index in [4.69, 9.17) is 0 Å². The summed E-state index contributed by atoms with van der Waals surface area (Å²) >= 11 is 0. The summed E-state index contributed by atoms with van der Waals surface area (Å²) in [6, 6.07) is 5.44. The molecule has 0 fully saturated rings. The zero-order chi connectivity index (χ0) is 10.3. The van der Waals surface area contributed by atoms with Crippen LogP contribution in [0.4, 0.5) is 0 Å². The molecule has 1 aromatic carbocycles. The van der Waals surface area contributed by atoms with Crippen LogP contribution in [0.5, 0.6) is 0 Å². The molecule has 0 spiro atoms. The summed E-state index contributed by atoms with van der Waals surface area (Å²) in [5.41, 5.74) is 1.71. The van der Waals surface area contributed by atoms with Crippen molar-refractivity contribution in [2.45, 2.75) is 11.4 Å². The van der Waals surface area contributed by atoms with E-state index in [2.05, 4.69) is 0 Å². The van der Waals surface area contributed by atoms with Gasteiger partial charge in [-0.2, -0.15) is 0 Å². The van der Waals surface area contributed by atoms with Gasteiger partial charge in [-0.05, 0) is 17.7 Å². The van der Waals surface area contributed by atoms with Crippen LogP contribution in [0.25, 0.3) is 0 Å². The Morgan fingerprint density at radius 1 is 1.43 bits per heavy atom. The lowest BCUT2D eigenvalue weighted by Gasteiger charge is -2.04. The van der Waals surface area contributed by atoms with E-state index < -0.39 is 10.8 Å². The van der Waals surface area contributed by atoms with Gasteiger partial charge in [-0.15, -0.1) is 0 Å². The highest BCUT2D eigenvalue weighted by Crippen LogP contribution is 2.23. The van der Waals surface area contributed by atoms with Crippen molar-refractivity contribution in [2.24, 2.45) is 0 Å². The first-order valence-electron chi connectivity index (χ1n) is 4.31. The third-order valence-electron chi connectivity index (χ3n) is 2.40. The fourth-order valence-corrected chi connectivity index (χ4v) is 2.15. The first kappa shape index (κ1) is 9.40. The van der Waals surface area contributed by atoms with Crippen molar-refractivity contribution in [3.63, 3.8) is 0 Å². The zero-order valence-corrected chi connectivity index (χ0v) is 8.93. The highest BCUT2D eigenvalue weighted by Gasteiger charge is 2.24. The maximum atomic E-state index is 11.6. The molecule has 1 aromatic rings. The average molecular weight is 209 g/mol. The fourth-order valence-electron chi connectivity index (χ4n) is 1.60. The van der Waals surface area contributed by atoms with Crippen LogP contribution >= 0.6 is 0 Å². The Kier molecular flexibility index (Phi) is 2.15. The standard InChI is InChI=1S/C10H11NO2S/c1-11-6-7-3-4-8(14(2)13)5-9(7)10(11)12/h3-5H,6H2,1-2H3. The predicted molar refractivity (Wildman–Crippen MR) is 54.6 cm³/mol. The van der Waals surface area contributed by atoms with E-state index in [9.17, 15) is 9.00 Å². The number of nitrogens with zero attached hydrogens (tertiary/aromatic N) is 1. The lowest BCUT2D eigenvalue weighted by molar-refractivity contribution is 0.0816. The Morgan fingerprint density at radius 3 is 2.79 bits per heavy atom. The molecule has 1 heterocycles. The molecule has 0 saturated heterocycles. The van der Waals surface area contributed by atoms with Crippen LogP contribution < -0.4 is 0 Å². The molecule has 4 heteroatoms.